The zero-order chi connectivity index (χ0) is 40.0. The van der Waals surface area contributed by atoms with Gasteiger partial charge in [0.05, 0.1) is 11.1 Å². The highest BCUT2D eigenvalue weighted by Gasteiger charge is 2.36. The summed E-state index contributed by atoms with van der Waals surface area (Å²) in [7, 11) is 0. The Morgan fingerprint density at radius 3 is 1.70 bits per heavy atom. The van der Waals surface area contributed by atoms with Gasteiger partial charge in [0.25, 0.3) is 0 Å². The molecule has 0 saturated heterocycles. The number of benzene rings is 9. The van der Waals surface area contributed by atoms with Gasteiger partial charge in [-0.25, -0.2) is 0 Å². The highest BCUT2D eigenvalue weighted by Crippen LogP contribution is 2.53. The van der Waals surface area contributed by atoms with Gasteiger partial charge in [0, 0.05) is 44.1 Å². The average molecular weight is 770 g/mol. The molecule has 9 aromatic carbocycles. The van der Waals surface area contributed by atoms with E-state index in [4.69, 9.17) is 8.83 Å². The highest BCUT2D eigenvalue weighted by atomic mass is 16.3. The van der Waals surface area contributed by atoms with E-state index in [0.29, 0.717) is 0 Å². The van der Waals surface area contributed by atoms with Crippen LogP contribution in [0.25, 0.3) is 88.4 Å². The summed E-state index contributed by atoms with van der Waals surface area (Å²) in [4.78, 5) is 2.39. The Morgan fingerprint density at radius 1 is 0.367 bits per heavy atom. The van der Waals surface area contributed by atoms with E-state index in [0.717, 1.165) is 83.2 Å². The fraction of sp³-hybridized carbons (Fsp3) is 0.0526. The summed E-state index contributed by atoms with van der Waals surface area (Å²) in [5.74, 6) is 0. The van der Waals surface area contributed by atoms with Crippen molar-refractivity contribution < 1.29 is 8.83 Å². The molecule has 0 fully saturated rings. The molecule has 60 heavy (non-hydrogen) atoms. The number of furan rings is 2. The second-order valence-corrected chi connectivity index (χ2v) is 16.4. The van der Waals surface area contributed by atoms with E-state index < -0.39 is 0 Å². The lowest BCUT2D eigenvalue weighted by Gasteiger charge is -2.27. The van der Waals surface area contributed by atoms with Crippen molar-refractivity contribution in [2.24, 2.45) is 0 Å². The van der Waals surface area contributed by atoms with Gasteiger partial charge in [-0.15, -0.1) is 0 Å². The van der Waals surface area contributed by atoms with Crippen LogP contribution in [0, 0.1) is 0 Å². The molecular formula is C57H39NO2. The molecule has 0 aliphatic heterocycles. The van der Waals surface area contributed by atoms with Crippen LogP contribution in [-0.2, 0) is 5.41 Å². The maximum Gasteiger partial charge on any atom is 0.145 e. The van der Waals surface area contributed by atoms with Gasteiger partial charge >= 0.3 is 0 Å². The SMILES string of the molecule is CC1(C)c2ccccc2-c2cc3c(cc21)oc1c(-c2ccccc2)ccc(N(c2ccc(-c4ccccc4)cc2)c2ccc(-c4cccc5c4oc4ccccc45)cc2)c13. The van der Waals surface area contributed by atoms with Crippen molar-refractivity contribution in [2.75, 3.05) is 4.90 Å². The number of hydrogen-bond acceptors (Lipinski definition) is 3. The average Bonchev–Trinajstić information content (AvgIpc) is 3.95. The second-order valence-electron chi connectivity index (χ2n) is 16.4. The molecule has 0 unspecified atom stereocenters. The minimum Gasteiger partial charge on any atom is -0.455 e. The third-order valence-corrected chi connectivity index (χ3v) is 12.7. The first kappa shape index (κ1) is 34.4. The maximum absolute atomic E-state index is 7.10. The topological polar surface area (TPSA) is 29.5 Å². The third kappa shape index (κ3) is 5.22. The first-order chi connectivity index (χ1) is 29.5. The molecule has 0 amide bonds. The van der Waals surface area contributed by atoms with E-state index in [-0.39, 0.29) is 5.41 Å². The smallest absolute Gasteiger partial charge is 0.145 e. The molecular weight excluding hydrogens is 731 g/mol. The van der Waals surface area contributed by atoms with Crippen LogP contribution in [0.3, 0.4) is 0 Å². The lowest BCUT2D eigenvalue weighted by Crippen LogP contribution is -2.14. The standard InChI is InChI=1S/C57H39NO2/c1-57(2)49-22-11-9-18-44(49)47-34-48-53(35-50(47)57)60-56-43(38-16-7-4-8-17-38)32-33-51(54(48)56)58(40-28-24-37(25-29-40)36-14-5-3-6-15-36)41-30-26-39(27-31-41)42-20-13-21-46-45-19-10-12-23-52(45)59-55(42)46/h3-35H,1-2H3. The predicted molar refractivity (Wildman–Crippen MR) is 250 cm³/mol. The molecule has 2 aromatic heterocycles. The van der Waals surface area contributed by atoms with Gasteiger partial charge in [-0.1, -0.05) is 159 Å². The zero-order valence-corrected chi connectivity index (χ0v) is 33.3. The van der Waals surface area contributed by atoms with Crippen LogP contribution in [0.5, 0.6) is 0 Å². The summed E-state index contributed by atoms with van der Waals surface area (Å²) >= 11 is 0. The Morgan fingerprint density at radius 2 is 0.933 bits per heavy atom. The summed E-state index contributed by atoms with van der Waals surface area (Å²) in [5.41, 5.74) is 18.5. The Labute approximate surface area is 348 Å². The van der Waals surface area contributed by atoms with Crippen molar-refractivity contribution >= 4 is 60.9 Å². The van der Waals surface area contributed by atoms with Crippen molar-refractivity contribution in [3.05, 3.63) is 211 Å². The number of fused-ring (bicyclic) bond motifs is 9. The molecule has 2 heterocycles. The quantitative estimate of drug-likeness (QED) is 0.169. The Kier molecular flexibility index (Phi) is 7.58. The molecule has 0 atom stereocenters. The van der Waals surface area contributed by atoms with Crippen molar-refractivity contribution in [3.63, 3.8) is 0 Å². The molecule has 11 aromatic rings. The Bertz CT molecular complexity index is 3430. The molecule has 284 valence electrons. The van der Waals surface area contributed by atoms with E-state index in [2.05, 4.69) is 207 Å². The van der Waals surface area contributed by atoms with Crippen LogP contribution in [0.2, 0.25) is 0 Å². The van der Waals surface area contributed by atoms with Gasteiger partial charge in [-0.05, 0) is 99.1 Å². The molecule has 0 saturated carbocycles. The fourth-order valence-electron chi connectivity index (χ4n) is 9.71. The molecule has 0 N–H and O–H groups in total. The number of rotatable bonds is 6. The number of anilines is 3. The summed E-state index contributed by atoms with van der Waals surface area (Å²) in [6.07, 6.45) is 0. The van der Waals surface area contributed by atoms with Crippen LogP contribution in [0.15, 0.2) is 209 Å². The summed E-state index contributed by atoms with van der Waals surface area (Å²) in [6, 6.07) is 71.7. The largest absolute Gasteiger partial charge is 0.455 e. The van der Waals surface area contributed by atoms with Gasteiger partial charge in [-0.2, -0.15) is 0 Å². The molecule has 12 rings (SSSR count). The number of nitrogens with zero attached hydrogens (tertiary/aromatic N) is 1. The minimum atomic E-state index is -0.148. The first-order valence-electron chi connectivity index (χ1n) is 20.7. The summed E-state index contributed by atoms with van der Waals surface area (Å²) in [5, 5.41) is 4.43. The van der Waals surface area contributed by atoms with Gasteiger partial charge in [-0.3, -0.25) is 0 Å². The van der Waals surface area contributed by atoms with Gasteiger partial charge in [0.2, 0.25) is 0 Å². The van der Waals surface area contributed by atoms with Gasteiger partial charge in [0.15, 0.2) is 0 Å². The molecule has 3 heteroatoms. The predicted octanol–water partition coefficient (Wildman–Crippen LogP) is 16.3. The van der Waals surface area contributed by atoms with Crippen LogP contribution < -0.4 is 4.90 Å². The minimum absolute atomic E-state index is 0.148. The number of hydrogen-bond donors (Lipinski definition) is 0. The summed E-state index contributed by atoms with van der Waals surface area (Å²) in [6.45, 7) is 4.65. The van der Waals surface area contributed by atoms with E-state index in [1.54, 1.807) is 0 Å². The van der Waals surface area contributed by atoms with Gasteiger partial charge in [0.1, 0.15) is 22.3 Å². The summed E-state index contributed by atoms with van der Waals surface area (Å²) < 4.78 is 13.6. The molecule has 1 aliphatic rings. The third-order valence-electron chi connectivity index (χ3n) is 12.7. The number of para-hydroxylation sites is 2. The molecule has 1 aliphatic carbocycles. The normalized spacial score (nSPS) is 13.0. The maximum atomic E-state index is 7.10. The van der Waals surface area contributed by atoms with E-state index in [9.17, 15) is 0 Å². The molecule has 3 nitrogen and oxygen atoms in total. The Balaban J connectivity index is 1.09. The van der Waals surface area contributed by atoms with Crippen molar-refractivity contribution in [2.45, 2.75) is 19.3 Å². The van der Waals surface area contributed by atoms with Crippen LogP contribution in [-0.4, -0.2) is 0 Å². The lowest BCUT2D eigenvalue weighted by atomic mass is 9.82. The lowest BCUT2D eigenvalue weighted by molar-refractivity contribution is 0.648. The van der Waals surface area contributed by atoms with Crippen LogP contribution in [0.1, 0.15) is 25.0 Å². The van der Waals surface area contributed by atoms with Crippen molar-refractivity contribution in [1.82, 2.24) is 0 Å². The van der Waals surface area contributed by atoms with Crippen LogP contribution in [0.4, 0.5) is 17.1 Å². The monoisotopic (exact) mass is 769 g/mol. The zero-order valence-electron chi connectivity index (χ0n) is 33.3. The highest BCUT2D eigenvalue weighted by molar-refractivity contribution is 6.18. The van der Waals surface area contributed by atoms with E-state index in [1.807, 2.05) is 12.1 Å². The van der Waals surface area contributed by atoms with E-state index >= 15 is 0 Å². The van der Waals surface area contributed by atoms with Crippen LogP contribution >= 0.6 is 0 Å². The van der Waals surface area contributed by atoms with Crippen molar-refractivity contribution in [1.29, 1.82) is 0 Å². The van der Waals surface area contributed by atoms with E-state index in [1.165, 1.54) is 33.4 Å². The molecule has 0 bridgehead atoms. The second kappa shape index (κ2) is 13.2. The fourth-order valence-corrected chi connectivity index (χ4v) is 9.71. The first-order valence-corrected chi connectivity index (χ1v) is 20.7. The molecule has 0 spiro atoms. The van der Waals surface area contributed by atoms with Crippen molar-refractivity contribution in [3.8, 4) is 44.5 Å². The molecule has 0 radical (unpaired) electrons. The Hall–Kier alpha value is -7.62. The van der Waals surface area contributed by atoms with Gasteiger partial charge < -0.3 is 13.7 Å².